The quantitative estimate of drug-likeness (QED) is 0.875. The van der Waals surface area contributed by atoms with Gasteiger partial charge in [0.2, 0.25) is 0 Å². The summed E-state index contributed by atoms with van der Waals surface area (Å²) in [5.41, 5.74) is 1.17. The number of furan rings is 1. The summed E-state index contributed by atoms with van der Waals surface area (Å²) in [6, 6.07) is 7.66. The number of carbonyl (C=O) groups excluding carboxylic acids is 1. The molecular formula is C17H21NO4. The summed E-state index contributed by atoms with van der Waals surface area (Å²) < 4.78 is 16.6. The molecule has 0 N–H and O–H groups in total. The van der Waals surface area contributed by atoms with Gasteiger partial charge in [-0.15, -0.1) is 0 Å². The number of rotatable bonds is 3. The van der Waals surface area contributed by atoms with Gasteiger partial charge in [0, 0.05) is 24.6 Å². The third-order valence-corrected chi connectivity index (χ3v) is 4.07. The summed E-state index contributed by atoms with van der Waals surface area (Å²) in [6.45, 7) is 6.00. The van der Waals surface area contributed by atoms with Gasteiger partial charge in [-0.05, 0) is 19.9 Å². The minimum absolute atomic E-state index is 0.100. The van der Waals surface area contributed by atoms with Crippen LogP contribution in [0.3, 0.4) is 0 Å². The molecule has 0 unspecified atom stereocenters. The van der Waals surface area contributed by atoms with Crippen molar-refractivity contribution >= 4 is 16.9 Å². The second-order valence-electron chi connectivity index (χ2n) is 6.16. The third-order valence-electron chi connectivity index (χ3n) is 4.07. The number of amides is 1. The summed E-state index contributed by atoms with van der Waals surface area (Å²) in [5.74, 6) is 0.273. The van der Waals surface area contributed by atoms with Gasteiger partial charge in [0.25, 0.3) is 5.91 Å². The van der Waals surface area contributed by atoms with Crippen molar-refractivity contribution in [3.8, 4) is 0 Å². The number of hydrogen-bond donors (Lipinski definition) is 0. The Morgan fingerprint density at radius 1 is 1.36 bits per heavy atom. The normalized spacial score (nSPS) is 17.9. The van der Waals surface area contributed by atoms with Gasteiger partial charge in [-0.25, -0.2) is 0 Å². The molecule has 1 amide bonds. The first-order valence-electron chi connectivity index (χ1n) is 7.43. The van der Waals surface area contributed by atoms with E-state index in [1.807, 2.05) is 43.0 Å². The summed E-state index contributed by atoms with van der Waals surface area (Å²) in [5, 5.41) is 0.929. The van der Waals surface area contributed by atoms with E-state index in [0.717, 1.165) is 10.9 Å². The van der Waals surface area contributed by atoms with Gasteiger partial charge < -0.3 is 18.8 Å². The summed E-state index contributed by atoms with van der Waals surface area (Å²) in [7, 11) is 1.62. The number of nitrogens with zero attached hydrogens (tertiary/aromatic N) is 1. The predicted octanol–water partition coefficient (Wildman–Crippen LogP) is 2.83. The average Bonchev–Trinajstić information content (AvgIpc) is 2.86. The van der Waals surface area contributed by atoms with E-state index in [1.54, 1.807) is 7.11 Å². The van der Waals surface area contributed by atoms with Crippen LogP contribution in [0.25, 0.3) is 11.0 Å². The SMILES string of the molecule is COCc1c(C(=O)N2CCOCC2(C)C)oc2ccccc12. The lowest BCUT2D eigenvalue weighted by molar-refractivity contribution is -0.0383. The first-order valence-corrected chi connectivity index (χ1v) is 7.43. The fourth-order valence-electron chi connectivity index (χ4n) is 2.92. The molecule has 3 rings (SSSR count). The highest BCUT2D eigenvalue weighted by Gasteiger charge is 2.37. The number of morpholine rings is 1. The van der Waals surface area contributed by atoms with Crippen LogP contribution >= 0.6 is 0 Å². The maximum Gasteiger partial charge on any atom is 0.290 e. The second-order valence-corrected chi connectivity index (χ2v) is 6.16. The molecule has 22 heavy (non-hydrogen) atoms. The first-order chi connectivity index (χ1) is 10.5. The Hall–Kier alpha value is -1.85. The zero-order valence-corrected chi connectivity index (χ0v) is 13.2. The maximum absolute atomic E-state index is 13.0. The van der Waals surface area contributed by atoms with Crippen LogP contribution in [0, 0.1) is 0 Å². The molecule has 1 aromatic carbocycles. The van der Waals surface area contributed by atoms with Gasteiger partial charge in [-0.1, -0.05) is 18.2 Å². The number of methoxy groups -OCH3 is 1. The molecule has 0 saturated carbocycles. The Labute approximate surface area is 129 Å². The van der Waals surface area contributed by atoms with Crippen LogP contribution in [0.15, 0.2) is 28.7 Å². The Morgan fingerprint density at radius 2 is 2.14 bits per heavy atom. The molecule has 0 aliphatic carbocycles. The zero-order valence-electron chi connectivity index (χ0n) is 13.2. The van der Waals surface area contributed by atoms with Crippen LogP contribution in [-0.2, 0) is 16.1 Å². The molecule has 2 aromatic rings. The molecular weight excluding hydrogens is 282 g/mol. The molecule has 118 valence electrons. The van der Waals surface area contributed by atoms with Crippen molar-refractivity contribution in [1.82, 2.24) is 4.90 Å². The smallest absolute Gasteiger partial charge is 0.290 e. The van der Waals surface area contributed by atoms with E-state index in [1.165, 1.54) is 0 Å². The molecule has 1 saturated heterocycles. The lowest BCUT2D eigenvalue weighted by Crippen LogP contribution is -2.55. The van der Waals surface area contributed by atoms with Gasteiger partial charge in [-0.2, -0.15) is 0 Å². The van der Waals surface area contributed by atoms with Crippen LogP contribution in [0.5, 0.6) is 0 Å². The highest BCUT2D eigenvalue weighted by molar-refractivity contribution is 5.99. The van der Waals surface area contributed by atoms with Gasteiger partial charge in [0.15, 0.2) is 5.76 Å². The van der Waals surface area contributed by atoms with Crippen LogP contribution in [0.1, 0.15) is 30.0 Å². The number of hydrogen-bond acceptors (Lipinski definition) is 4. The fraction of sp³-hybridized carbons (Fsp3) is 0.471. The van der Waals surface area contributed by atoms with E-state index in [4.69, 9.17) is 13.9 Å². The van der Waals surface area contributed by atoms with E-state index in [-0.39, 0.29) is 11.4 Å². The first kappa shape index (κ1) is 15.1. The topological polar surface area (TPSA) is 51.9 Å². The van der Waals surface area contributed by atoms with Gasteiger partial charge in [0.1, 0.15) is 5.58 Å². The molecule has 1 fully saturated rings. The van der Waals surface area contributed by atoms with Gasteiger partial charge in [0.05, 0.1) is 25.4 Å². The molecule has 5 nitrogen and oxygen atoms in total. The molecule has 1 aromatic heterocycles. The highest BCUT2D eigenvalue weighted by atomic mass is 16.5. The van der Waals surface area contributed by atoms with E-state index in [9.17, 15) is 4.79 Å². The molecule has 0 atom stereocenters. The molecule has 0 spiro atoms. The standard InChI is InChI=1S/C17H21NO4/c1-17(2)11-21-9-8-18(17)16(19)15-13(10-20-3)12-6-4-5-7-14(12)22-15/h4-7H,8-11H2,1-3H3. The van der Waals surface area contributed by atoms with E-state index in [2.05, 4.69) is 0 Å². The van der Waals surface area contributed by atoms with Crippen molar-refractivity contribution in [2.45, 2.75) is 26.0 Å². The summed E-state index contributed by atoms with van der Waals surface area (Å²) in [6.07, 6.45) is 0. The number of carbonyl (C=O) groups is 1. The van der Waals surface area contributed by atoms with Crippen molar-refractivity contribution in [1.29, 1.82) is 0 Å². The Balaban J connectivity index is 2.05. The number of fused-ring (bicyclic) bond motifs is 1. The number of para-hydroxylation sites is 1. The highest BCUT2D eigenvalue weighted by Crippen LogP contribution is 2.30. The Morgan fingerprint density at radius 3 is 2.86 bits per heavy atom. The van der Waals surface area contributed by atoms with E-state index in [0.29, 0.717) is 37.7 Å². The molecule has 5 heteroatoms. The molecule has 2 heterocycles. The van der Waals surface area contributed by atoms with Crippen molar-refractivity contribution in [2.75, 3.05) is 26.9 Å². The minimum Gasteiger partial charge on any atom is -0.451 e. The lowest BCUT2D eigenvalue weighted by Gasteiger charge is -2.41. The largest absolute Gasteiger partial charge is 0.451 e. The molecule has 1 aliphatic rings. The summed E-state index contributed by atoms with van der Waals surface area (Å²) in [4.78, 5) is 14.8. The average molecular weight is 303 g/mol. The molecule has 0 radical (unpaired) electrons. The van der Waals surface area contributed by atoms with E-state index < -0.39 is 0 Å². The van der Waals surface area contributed by atoms with Crippen LogP contribution in [-0.4, -0.2) is 43.2 Å². The number of ether oxygens (including phenoxy) is 2. The summed E-state index contributed by atoms with van der Waals surface area (Å²) >= 11 is 0. The monoisotopic (exact) mass is 303 g/mol. The third kappa shape index (κ3) is 2.51. The second kappa shape index (κ2) is 5.74. The maximum atomic E-state index is 13.0. The Bertz CT molecular complexity index is 689. The predicted molar refractivity (Wildman–Crippen MR) is 82.9 cm³/mol. The lowest BCUT2D eigenvalue weighted by atomic mass is 10.0. The van der Waals surface area contributed by atoms with Crippen LogP contribution in [0.2, 0.25) is 0 Å². The minimum atomic E-state index is -0.349. The fourth-order valence-corrected chi connectivity index (χ4v) is 2.92. The van der Waals surface area contributed by atoms with E-state index >= 15 is 0 Å². The van der Waals surface area contributed by atoms with Gasteiger partial charge in [-0.3, -0.25) is 4.79 Å². The zero-order chi connectivity index (χ0) is 15.7. The molecule has 0 bridgehead atoms. The van der Waals surface area contributed by atoms with Gasteiger partial charge >= 0.3 is 0 Å². The Kier molecular flexibility index (Phi) is 3.93. The van der Waals surface area contributed by atoms with Crippen molar-refractivity contribution < 1.29 is 18.7 Å². The van der Waals surface area contributed by atoms with Crippen LogP contribution < -0.4 is 0 Å². The van der Waals surface area contributed by atoms with Crippen molar-refractivity contribution in [2.24, 2.45) is 0 Å². The number of benzene rings is 1. The van der Waals surface area contributed by atoms with Crippen molar-refractivity contribution in [3.63, 3.8) is 0 Å². The van der Waals surface area contributed by atoms with Crippen LogP contribution in [0.4, 0.5) is 0 Å². The van der Waals surface area contributed by atoms with Crippen molar-refractivity contribution in [3.05, 3.63) is 35.6 Å². The molecule has 1 aliphatic heterocycles.